The normalized spacial score (nSPS) is 32.6. The molecule has 0 aromatic carbocycles. The van der Waals surface area contributed by atoms with Crippen LogP contribution >= 0.6 is 0 Å². The van der Waals surface area contributed by atoms with E-state index in [0.717, 1.165) is 6.73 Å². The van der Waals surface area contributed by atoms with Crippen molar-refractivity contribution in [1.29, 1.82) is 0 Å². The fourth-order valence-electron chi connectivity index (χ4n) is 0.491. The van der Waals surface area contributed by atoms with Crippen molar-refractivity contribution >= 4 is 0 Å². The Morgan fingerprint density at radius 2 is 2.43 bits per heavy atom. The van der Waals surface area contributed by atoms with E-state index < -0.39 is 0 Å². The minimum Gasteiger partial charge on any atom is -0.278 e. The topological polar surface area (TPSA) is 15.5 Å². The summed E-state index contributed by atoms with van der Waals surface area (Å²) in [6, 6.07) is 0.625. The molecule has 1 aliphatic rings. The van der Waals surface area contributed by atoms with Crippen LogP contribution < -0.4 is 0 Å². The van der Waals surface area contributed by atoms with Gasteiger partial charge in [0.15, 0.2) is 0 Å². The number of nitrogens with zero attached hydrogens (tertiary/aromatic N) is 1. The molecular formula is C5H11NO. The average Bonchev–Trinajstić information content (AvgIpc) is 2.44. The molecule has 0 radical (unpaired) electrons. The van der Waals surface area contributed by atoms with Gasteiger partial charge in [-0.3, -0.25) is 4.84 Å². The van der Waals surface area contributed by atoms with Crippen LogP contribution in [0, 0.1) is 0 Å². The highest BCUT2D eigenvalue weighted by atomic mass is 16.8. The van der Waals surface area contributed by atoms with Gasteiger partial charge in [-0.1, -0.05) is 6.92 Å². The standard InChI is InChI=1S/C5H11NO/c1-3-5(2)6-4-7-6/h5H,3-4H2,1-2H3. The van der Waals surface area contributed by atoms with E-state index in [-0.39, 0.29) is 0 Å². The summed E-state index contributed by atoms with van der Waals surface area (Å²) in [6.07, 6.45) is 1.18. The number of rotatable bonds is 2. The molecule has 0 spiro atoms. The first-order chi connectivity index (χ1) is 3.34. The van der Waals surface area contributed by atoms with Gasteiger partial charge in [-0.05, 0) is 13.3 Å². The second kappa shape index (κ2) is 1.80. The van der Waals surface area contributed by atoms with Crippen LogP contribution in [0.1, 0.15) is 20.3 Å². The number of hydrogen-bond donors (Lipinski definition) is 0. The predicted octanol–water partition coefficient (Wildman–Crippen LogP) is 0.990. The zero-order valence-electron chi connectivity index (χ0n) is 4.85. The summed E-state index contributed by atoms with van der Waals surface area (Å²) in [5, 5.41) is 1.97. The van der Waals surface area contributed by atoms with Crippen LogP contribution in [0.25, 0.3) is 0 Å². The first kappa shape index (κ1) is 5.06. The lowest BCUT2D eigenvalue weighted by Crippen LogP contribution is -2.10. The third-order valence-electron chi connectivity index (χ3n) is 1.36. The van der Waals surface area contributed by atoms with Crippen molar-refractivity contribution in [1.82, 2.24) is 5.06 Å². The van der Waals surface area contributed by atoms with Crippen LogP contribution in [0.4, 0.5) is 0 Å². The zero-order chi connectivity index (χ0) is 5.28. The monoisotopic (exact) mass is 101 g/mol. The van der Waals surface area contributed by atoms with Crippen molar-refractivity contribution in [3.63, 3.8) is 0 Å². The molecule has 1 heterocycles. The maximum absolute atomic E-state index is 4.89. The van der Waals surface area contributed by atoms with E-state index in [9.17, 15) is 0 Å². The molecule has 1 fully saturated rings. The van der Waals surface area contributed by atoms with E-state index in [1.807, 2.05) is 5.06 Å². The van der Waals surface area contributed by atoms with Crippen LogP contribution in [0.3, 0.4) is 0 Å². The molecule has 2 atom stereocenters. The minimum absolute atomic E-state index is 0.625. The van der Waals surface area contributed by atoms with Crippen molar-refractivity contribution in [2.24, 2.45) is 0 Å². The molecule has 1 aliphatic heterocycles. The molecule has 0 bridgehead atoms. The lowest BCUT2D eigenvalue weighted by atomic mass is 10.3. The maximum atomic E-state index is 4.89. The molecule has 0 aromatic rings. The second-order valence-corrected chi connectivity index (χ2v) is 1.93. The minimum atomic E-state index is 0.625. The molecule has 2 heteroatoms. The van der Waals surface area contributed by atoms with Crippen molar-refractivity contribution in [2.45, 2.75) is 26.3 Å². The summed E-state index contributed by atoms with van der Waals surface area (Å²) in [5.74, 6) is 0. The van der Waals surface area contributed by atoms with E-state index in [4.69, 9.17) is 4.84 Å². The fraction of sp³-hybridized carbons (Fsp3) is 1.00. The highest BCUT2D eigenvalue weighted by Gasteiger charge is 2.23. The van der Waals surface area contributed by atoms with E-state index in [1.54, 1.807) is 0 Å². The van der Waals surface area contributed by atoms with Crippen molar-refractivity contribution in [3.8, 4) is 0 Å². The number of hydroxylamine groups is 2. The molecule has 2 nitrogen and oxygen atoms in total. The molecule has 42 valence electrons. The van der Waals surface area contributed by atoms with E-state index in [0.29, 0.717) is 6.04 Å². The lowest BCUT2D eigenvalue weighted by molar-refractivity contribution is 0.153. The van der Waals surface area contributed by atoms with Gasteiger partial charge >= 0.3 is 0 Å². The quantitative estimate of drug-likeness (QED) is 0.482. The van der Waals surface area contributed by atoms with Gasteiger partial charge in [0.05, 0.1) is 0 Å². The molecule has 0 saturated carbocycles. The van der Waals surface area contributed by atoms with Gasteiger partial charge in [-0.15, -0.1) is 0 Å². The van der Waals surface area contributed by atoms with Gasteiger partial charge in [0.1, 0.15) is 6.73 Å². The fourth-order valence-corrected chi connectivity index (χ4v) is 0.491. The van der Waals surface area contributed by atoms with Gasteiger partial charge in [-0.25, -0.2) is 0 Å². The Balaban J connectivity index is 2.10. The summed E-state index contributed by atoms with van der Waals surface area (Å²) < 4.78 is 0. The molecule has 0 aromatic heterocycles. The Hall–Kier alpha value is -0.0800. The Labute approximate surface area is 44.0 Å². The van der Waals surface area contributed by atoms with Crippen LogP contribution in [0.2, 0.25) is 0 Å². The maximum Gasteiger partial charge on any atom is 0.144 e. The highest BCUT2D eigenvalue weighted by molar-refractivity contribution is 4.58. The van der Waals surface area contributed by atoms with Gasteiger partial charge in [0.25, 0.3) is 0 Å². The molecule has 7 heavy (non-hydrogen) atoms. The molecule has 0 aliphatic carbocycles. The lowest BCUT2D eigenvalue weighted by Gasteiger charge is -2.01. The first-order valence-corrected chi connectivity index (χ1v) is 2.74. The smallest absolute Gasteiger partial charge is 0.144 e. The van der Waals surface area contributed by atoms with Crippen LogP contribution in [-0.2, 0) is 4.84 Å². The Kier molecular flexibility index (Phi) is 1.30. The van der Waals surface area contributed by atoms with Crippen molar-refractivity contribution in [2.75, 3.05) is 6.73 Å². The van der Waals surface area contributed by atoms with Gasteiger partial charge in [-0.2, -0.15) is 5.06 Å². The van der Waals surface area contributed by atoms with Crippen molar-refractivity contribution < 1.29 is 4.84 Å². The van der Waals surface area contributed by atoms with Crippen molar-refractivity contribution in [3.05, 3.63) is 0 Å². The van der Waals surface area contributed by atoms with Crippen LogP contribution in [0.5, 0.6) is 0 Å². The third kappa shape index (κ3) is 1.14. The predicted molar refractivity (Wildman–Crippen MR) is 27.5 cm³/mol. The summed E-state index contributed by atoms with van der Waals surface area (Å²) >= 11 is 0. The summed E-state index contributed by atoms with van der Waals surface area (Å²) in [4.78, 5) is 4.89. The Bertz CT molecular complexity index is 61.1. The second-order valence-electron chi connectivity index (χ2n) is 1.93. The molecule has 0 N–H and O–H groups in total. The summed E-state index contributed by atoms with van der Waals surface area (Å²) in [6.45, 7) is 5.16. The molecule has 1 rings (SSSR count). The Morgan fingerprint density at radius 1 is 1.86 bits per heavy atom. The molecular weight excluding hydrogens is 90.1 g/mol. The van der Waals surface area contributed by atoms with E-state index in [2.05, 4.69) is 13.8 Å². The zero-order valence-corrected chi connectivity index (χ0v) is 4.85. The summed E-state index contributed by atoms with van der Waals surface area (Å²) in [7, 11) is 0. The molecule has 2 unspecified atom stereocenters. The van der Waals surface area contributed by atoms with Gasteiger partial charge < -0.3 is 0 Å². The van der Waals surface area contributed by atoms with Crippen LogP contribution in [0.15, 0.2) is 0 Å². The Morgan fingerprint density at radius 3 is 2.57 bits per heavy atom. The molecule has 0 amide bonds. The van der Waals surface area contributed by atoms with E-state index in [1.165, 1.54) is 6.42 Å². The van der Waals surface area contributed by atoms with Gasteiger partial charge in [0, 0.05) is 6.04 Å². The largest absolute Gasteiger partial charge is 0.278 e. The third-order valence-corrected chi connectivity index (χ3v) is 1.36. The van der Waals surface area contributed by atoms with E-state index >= 15 is 0 Å². The molecule has 1 saturated heterocycles. The highest BCUT2D eigenvalue weighted by Crippen LogP contribution is 2.13. The summed E-state index contributed by atoms with van der Waals surface area (Å²) in [5.41, 5.74) is 0. The van der Waals surface area contributed by atoms with Gasteiger partial charge in [0.2, 0.25) is 0 Å². The SMILES string of the molecule is CCC(C)N1CO1. The number of hydrogen-bond acceptors (Lipinski definition) is 2. The first-order valence-electron chi connectivity index (χ1n) is 2.74. The van der Waals surface area contributed by atoms with Crippen LogP contribution in [-0.4, -0.2) is 17.8 Å². The average molecular weight is 101 g/mol.